The van der Waals surface area contributed by atoms with E-state index in [2.05, 4.69) is 4.98 Å². The molecule has 0 saturated carbocycles. The van der Waals surface area contributed by atoms with Crippen molar-refractivity contribution in [1.82, 2.24) is 4.98 Å². The topological polar surface area (TPSA) is 84.1 Å². The monoisotopic (exact) mass is 363 g/mol. The summed E-state index contributed by atoms with van der Waals surface area (Å²) in [6, 6.07) is 8.67. The van der Waals surface area contributed by atoms with Gasteiger partial charge in [0.15, 0.2) is 0 Å². The molecule has 5 nitrogen and oxygen atoms in total. The number of halogens is 2. The number of fused-ring (bicyclic) bond motifs is 3. The first-order valence-corrected chi connectivity index (χ1v) is 10.2. The number of rotatable bonds is 2. The van der Waals surface area contributed by atoms with Crippen molar-refractivity contribution in [1.29, 1.82) is 0 Å². The molecule has 9 heteroatoms. The van der Waals surface area contributed by atoms with Gasteiger partial charge in [-0.1, -0.05) is 0 Å². The Morgan fingerprint density at radius 1 is 0.714 bits per heavy atom. The number of aromatic amines is 1. The Kier molecular flexibility index (Phi) is 3.21. The summed E-state index contributed by atoms with van der Waals surface area (Å²) in [5, 5.41) is 1.10. The molecule has 0 aliphatic heterocycles. The van der Waals surface area contributed by atoms with E-state index in [4.69, 9.17) is 21.4 Å². The van der Waals surface area contributed by atoms with Crippen LogP contribution in [0.1, 0.15) is 0 Å². The Hall–Kier alpha value is -1.28. The minimum absolute atomic E-state index is 0.0586. The van der Waals surface area contributed by atoms with Crippen LogP contribution >= 0.6 is 21.4 Å². The zero-order chi connectivity index (χ0) is 15.4. The Balaban J connectivity index is 2.42. The average Bonchev–Trinajstić information content (AvgIpc) is 2.73. The third kappa shape index (κ3) is 2.62. The number of hydrogen-bond acceptors (Lipinski definition) is 4. The summed E-state index contributed by atoms with van der Waals surface area (Å²) in [6.45, 7) is 0. The standard InChI is InChI=1S/C12H7Cl2NO4S2/c13-20(16,17)7-1-3-11-9(5-7)10-6-8(21(14,18)19)2-4-12(10)15-11/h1-6,15H. The van der Waals surface area contributed by atoms with Gasteiger partial charge in [-0.05, 0) is 36.4 Å². The molecule has 0 unspecified atom stereocenters. The van der Waals surface area contributed by atoms with Gasteiger partial charge in [-0.3, -0.25) is 0 Å². The second-order valence-corrected chi connectivity index (χ2v) is 9.55. The van der Waals surface area contributed by atoms with Gasteiger partial charge in [0.1, 0.15) is 0 Å². The van der Waals surface area contributed by atoms with Crippen LogP contribution in [0.5, 0.6) is 0 Å². The van der Waals surface area contributed by atoms with Gasteiger partial charge in [0, 0.05) is 43.2 Å². The van der Waals surface area contributed by atoms with E-state index in [1.165, 1.54) is 24.3 Å². The molecule has 0 bridgehead atoms. The molecule has 0 saturated heterocycles. The van der Waals surface area contributed by atoms with Crippen LogP contribution in [0.15, 0.2) is 46.2 Å². The smallest absolute Gasteiger partial charge is 0.261 e. The molecule has 0 aliphatic rings. The fourth-order valence-electron chi connectivity index (χ4n) is 2.16. The van der Waals surface area contributed by atoms with Crippen LogP contribution in [0.3, 0.4) is 0 Å². The molecule has 1 heterocycles. The van der Waals surface area contributed by atoms with Crippen LogP contribution in [-0.4, -0.2) is 21.8 Å². The first kappa shape index (κ1) is 14.6. The highest BCUT2D eigenvalue weighted by molar-refractivity contribution is 8.14. The third-order valence-corrected chi connectivity index (χ3v) is 5.81. The van der Waals surface area contributed by atoms with Crippen molar-refractivity contribution in [3.8, 4) is 0 Å². The van der Waals surface area contributed by atoms with Crippen LogP contribution in [-0.2, 0) is 18.1 Å². The third-order valence-electron chi connectivity index (χ3n) is 3.10. The SMILES string of the molecule is O=S(=O)(Cl)c1ccc2[nH]c3ccc(S(=O)(=O)Cl)cc3c2c1. The van der Waals surface area contributed by atoms with E-state index in [-0.39, 0.29) is 9.79 Å². The molecule has 3 aromatic rings. The van der Waals surface area contributed by atoms with Crippen LogP contribution < -0.4 is 0 Å². The fraction of sp³-hybridized carbons (Fsp3) is 0. The van der Waals surface area contributed by atoms with Crippen LogP contribution in [0, 0.1) is 0 Å². The van der Waals surface area contributed by atoms with Gasteiger partial charge in [0.25, 0.3) is 18.1 Å². The molecular weight excluding hydrogens is 357 g/mol. The van der Waals surface area contributed by atoms with Gasteiger partial charge in [-0.25, -0.2) is 16.8 Å². The van der Waals surface area contributed by atoms with Gasteiger partial charge in [0.2, 0.25) is 0 Å². The predicted molar refractivity (Wildman–Crippen MR) is 81.9 cm³/mol. The largest absolute Gasteiger partial charge is 0.355 e. The molecule has 21 heavy (non-hydrogen) atoms. The van der Waals surface area contributed by atoms with Crippen LogP contribution in [0.4, 0.5) is 0 Å². The molecule has 1 aromatic heterocycles. The molecule has 1 N–H and O–H groups in total. The highest BCUT2D eigenvalue weighted by atomic mass is 35.7. The van der Waals surface area contributed by atoms with Crippen molar-refractivity contribution < 1.29 is 16.8 Å². The summed E-state index contributed by atoms with van der Waals surface area (Å²) in [7, 11) is 2.92. The number of H-pyrrole nitrogens is 1. The van der Waals surface area contributed by atoms with E-state index >= 15 is 0 Å². The number of nitrogens with one attached hydrogen (secondary N) is 1. The minimum Gasteiger partial charge on any atom is -0.355 e. The van der Waals surface area contributed by atoms with Gasteiger partial charge in [-0.2, -0.15) is 0 Å². The molecule has 0 atom stereocenters. The zero-order valence-corrected chi connectivity index (χ0v) is 13.3. The van der Waals surface area contributed by atoms with Crippen molar-refractivity contribution in [2.24, 2.45) is 0 Å². The highest BCUT2D eigenvalue weighted by Crippen LogP contribution is 2.31. The summed E-state index contributed by atoms with van der Waals surface area (Å²) in [5.41, 5.74) is 1.33. The summed E-state index contributed by atoms with van der Waals surface area (Å²) in [6.07, 6.45) is 0. The minimum atomic E-state index is -3.87. The lowest BCUT2D eigenvalue weighted by atomic mass is 10.1. The van der Waals surface area contributed by atoms with Crippen LogP contribution in [0.2, 0.25) is 0 Å². The Labute approximate surface area is 129 Å². The molecule has 2 aromatic carbocycles. The average molecular weight is 364 g/mol. The molecule has 0 spiro atoms. The molecule has 0 fully saturated rings. The Morgan fingerprint density at radius 3 is 1.43 bits per heavy atom. The molecule has 0 amide bonds. The highest BCUT2D eigenvalue weighted by Gasteiger charge is 2.15. The van der Waals surface area contributed by atoms with E-state index in [1.54, 1.807) is 12.1 Å². The van der Waals surface area contributed by atoms with Gasteiger partial charge < -0.3 is 4.98 Å². The van der Waals surface area contributed by atoms with E-state index in [0.717, 1.165) is 0 Å². The first-order chi connectivity index (χ1) is 9.66. The lowest BCUT2D eigenvalue weighted by molar-refractivity contribution is 0.608. The van der Waals surface area contributed by atoms with Crippen molar-refractivity contribution >= 4 is 61.3 Å². The van der Waals surface area contributed by atoms with Crippen molar-refractivity contribution in [3.63, 3.8) is 0 Å². The van der Waals surface area contributed by atoms with Crippen molar-refractivity contribution in [3.05, 3.63) is 36.4 Å². The predicted octanol–water partition coefficient (Wildman–Crippen LogP) is 3.18. The van der Waals surface area contributed by atoms with Gasteiger partial charge in [0.05, 0.1) is 9.79 Å². The summed E-state index contributed by atoms with van der Waals surface area (Å²) >= 11 is 0. The molecular formula is C12H7Cl2NO4S2. The van der Waals surface area contributed by atoms with E-state index in [0.29, 0.717) is 21.8 Å². The van der Waals surface area contributed by atoms with Crippen molar-refractivity contribution in [2.45, 2.75) is 9.79 Å². The molecule has 110 valence electrons. The summed E-state index contributed by atoms with van der Waals surface area (Å²) in [5.74, 6) is 0. The normalized spacial score (nSPS) is 13.0. The maximum atomic E-state index is 11.4. The first-order valence-electron chi connectivity index (χ1n) is 5.61. The molecule has 0 aliphatic carbocycles. The lowest BCUT2D eigenvalue weighted by Crippen LogP contribution is -1.90. The van der Waals surface area contributed by atoms with E-state index < -0.39 is 18.1 Å². The summed E-state index contributed by atoms with van der Waals surface area (Å²) in [4.78, 5) is 2.94. The maximum Gasteiger partial charge on any atom is 0.261 e. The van der Waals surface area contributed by atoms with Crippen molar-refractivity contribution in [2.75, 3.05) is 0 Å². The number of aromatic nitrogens is 1. The fourth-order valence-corrected chi connectivity index (χ4v) is 3.71. The summed E-state index contributed by atoms with van der Waals surface area (Å²) < 4.78 is 45.6. The van der Waals surface area contributed by atoms with Gasteiger partial charge in [-0.15, -0.1) is 0 Å². The number of hydrogen-bond donors (Lipinski definition) is 1. The van der Waals surface area contributed by atoms with E-state index in [1.807, 2.05) is 0 Å². The van der Waals surface area contributed by atoms with Gasteiger partial charge >= 0.3 is 0 Å². The number of benzene rings is 2. The van der Waals surface area contributed by atoms with Crippen LogP contribution in [0.25, 0.3) is 21.8 Å². The van der Waals surface area contributed by atoms with E-state index in [9.17, 15) is 16.8 Å². The lowest BCUT2D eigenvalue weighted by Gasteiger charge is -1.98. The maximum absolute atomic E-state index is 11.4. The second-order valence-electron chi connectivity index (χ2n) is 4.42. The Bertz CT molecular complexity index is 999. The zero-order valence-electron chi connectivity index (χ0n) is 10.2. The quantitative estimate of drug-likeness (QED) is 0.708. The molecule has 3 rings (SSSR count). The molecule has 0 radical (unpaired) electrons. The second kappa shape index (κ2) is 4.61. The Morgan fingerprint density at radius 2 is 1.10 bits per heavy atom.